The van der Waals surface area contributed by atoms with E-state index in [9.17, 15) is 18.0 Å². The summed E-state index contributed by atoms with van der Waals surface area (Å²) in [6.45, 7) is 1.16. The van der Waals surface area contributed by atoms with Crippen LogP contribution in [0.25, 0.3) is 0 Å². The van der Waals surface area contributed by atoms with Gasteiger partial charge in [0.2, 0.25) is 21.8 Å². The zero-order valence-corrected chi connectivity index (χ0v) is 19.9. The normalized spacial score (nSPS) is 20.1. The third kappa shape index (κ3) is 4.78. The predicted octanol–water partition coefficient (Wildman–Crippen LogP) is 2.73. The first kappa shape index (κ1) is 23.0. The van der Waals surface area contributed by atoms with E-state index in [0.717, 1.165) is 0 Å². The lowest BCUT2D eigenvalue weighted by molar-refractivity contribution is -0.136. The first-order valence-electron chi connectivity index (χ1n) is 10.3. The van der Waals surface area contributed by atoms with Gasteiger partial charge in [-0.3, -0.25) is 9.59 Å². The highest BCUT2D eigenvalue weighted by Gasteiger charge is 2.39. The Bertz CT molecular complexity index is 1100. The van der Waals surface area contributed by atoms with Crippen molar-refractivity contribution < 1.29 is 22.7 Å². The standard InChI is InChI=1S/C21H24ClN3O5S2/c1-30-18-5-4-15(22)12-17(18)25-13-14(11-19(25)26)21(27)24-8-6-16(7-9-24)23-32(28,29)20-3-2-10-31-20/h2-5,10,12,14,16,23H,6-9,11,13H2,1H3. The van der Waals surface area contributed by atoms with Crippen molar-refractivity contribution in [2.75, 3.05) is 31.6 Å². The zero-order chi connectivity index (χ0) is 22.9. The van der Waals surface area contributed by atoms with E-state index in [1.807, 2.05) is 0 Å². The molecule has 0 radical (unpaired) electrons. The molecule has 2 aromatic rings. The molecule has 2 aliphatic heterocycles. The highest BCUT2D eigenvalue weighted by molar-refractivity contribution is 7.91. The second-order valence-electron chi connectivity index (χ2n) is 7.87. The second-order valence-corrected chi connectivity index (χ2v) is 11.2. The molecule has 2 saturated heterocycles. The molecule has 32 heavy (non-hydrogen) atoms. The maximum Gasteiger partial charge on any atom is 0.250 e. The molecule has 0 aliphatic carbocycles. The van der Waals surface area contributed by atoms with Crippen molar-refractivity contribution in [3.8, 4) is 5.75 Å². The number of nitrogens with one attached hydrogen (secondary N) is 1. The molecule has 1 aromatic heterocycles. The minimum absolute atomic E-state index is 0.0820. The lowest BCUT2D eigenvalue weighted by Gasteiger charge is -2.33. The van der Waals surface area contributed by atoms with Crippen molar-refractivity contribution in [1.29, 1.82) is 0 Å². The van der Waals surface area contributed by atoms with Gasteiger partial charge in [0, 0.05) is 37.1 Å². The van der Waals surface area contributed by atoms with Crippen LogP contribution in [-0.4, -0.2) is 57.9 Å². The fourth-order valence-corrected chi connectivity index (χ4v) is 6.63. The highest BCUT2D eigenvalue weighted by Crippen LogP contribution is 2.35. The van der Waals surface area contributed by atoms with Crippen molar-refractivity contribution in [3.05, 3.63) is 40.7 Å². The number of benzene rings is 1. The monoisotopic (exact) mass is 497 g/mol. The fraction of sp³-hybridized carbons (Fsp3) is 0.429. The van der Waals surface area contributed by atoms with Crippen molar-refractivity contribution in [2.24, 2.45) is 5.92 Å². The van der Waals surface area contributed by atoms with Crippen LogP contribution in [0, 0.1) is 5.92 Å². The molecule has 8 nitrogen and oxygen atoms in total. The summed E-state index contributed by atoms with van der Waals surface area (Å²) in [6, 6.07) is 8.10. The molecule has 2 amide bonds. The van der Waals surface area contributed by atoms with Crippen LogP contribution in [0.1, 0.15) is 19.3 Å². The molecule has 172 valence electrons. The van der Waals surface area contributed by atoms with E-state index < -0.39 is 15.9 Å². The van der Waals surface area contributed by atoms with Gasteiger partial charge in [0.05, 0.1) is 18.7 Å². The highest BCUT2D eigenvalue weighted by atomic mass is 35.5. The van der Waals surface area contributed by atoms with Crippen LogP contribution < -0.4 is 14.4 Å². The minimum atomic E-state index is -3.53. The zero-order valence-electron chi connectivity index (χ0n) is 17.5. The van der Waals surface area contributed by atoms with Gasteiger partial charge in [-0.15, -0.1) is 11.3 Å². The first-order chi connectivity index (χ1) is 15.3. The van der Waals surface area contributed by atoms with E-state index in [1.54, 1.807) is 45.5 Å². The third-order valence-electron chi connectivity index (χ3n) is 5.79. The molecule has 1 aromatic carbocycles. The van der Waals surface area contributed by atoms with Gasteiger partial charge in [0.25, 0.3) is 0 Å². The van der Waals surface area contributed by atoms with Crippen molar-refractivity contribution >= 4 is 50.5 Å². The van der Waals surface area contributed by atoms with Gasteiger partial charge in [-0.05, 0) is 42.5 Å². The van der Waals surface area contributed by atoms with Crippen LogP contribution in [0.15, 0.2) is 39.9 Å². The molecule has 3 heterocycles. The van der Waals surface area contributed by atoms with Gasteiger partial charge in [0.1, 0.15) is 9.96 Å². The molecule has 1 N–H and O–H groups in total. The van der Waals surface area contributed by atoms with Crippen LogP contribution >= 0.6 is 22.9 Å². The number of halogens is 1. The van der Waals surface area contributed by atoms with Crippen molar-refractivity contribution in [3.63, 3.8) is 0 Å². The maximum atomic E-state index is 13.1. The Morgan fingerprint density at radius 1 is 1.25 bits per heavy atom. The Hall–Kier alpha value is -2.14. The molecule has 4 rings (SSSR count). The molecule has 0 spiro atoms. The molecule has 1 unspecified atom stereocenters. The van der Waals surface area contributed by atoms with Crippen LogP contribution in [0.2, 0.25) is 5.02 Å². The molecule has 1 atom stereocenters. The number of thiophene rings is 1. The van der Waals surface area contributed by atoms with Gasteiger partial charge in [-0.25, -0.2) is 13.1 Å². The van der Waals surface area contributed by atoms with Crippen molar-refractivity contribution in [1.82, 2.24) is 9.62 Å². The van der Waals surface area contributed by atoms with Gasteiger partial charge >= 0.3 is 0 Å². The summed E-state index contributed by atoms with van der Waals surface area (Å²) in [5.74, 6) is -0.163. The Morgan fingerprint density at radius 3 is 2.66 bits per heavy atom. The van der Waals surface area contributed by atoms with E-state index in [4.69, 9.17) is 16.3 Å². The van der Waals surface area contributed by atoms with Gasteiger partial charge in [-0.2, -0.15) is 0 Å². The predicted molar refractivity (Wildman–Crippen MR) is 123 cm³/mol. The largest absolute Gasteiger partial charge is 0.495 e. The Balaban J connectivity index is 1.36. The number of nitrogens with zero attached hydrogens (tertiary/aromatic N) is 2. The van der Waals surface area contributed by atoms with Crippen LogP contribution in [0.5, 0.6) is 5.75 Å². The molecular weight excluding hydrogens is 474 g/mol. The number of ether oxygens (including phenoxy) is 1. The van der Waals surface area contributed by atoms with Gasteiger partial charge < -0.3 is 14.5 Å². The minimum Gasteiger partial charge on any atom is -0.495 e. The second kappa shape index (κ2) is 9.38. The van der Waals surface area contributed by atoms with Gasteiger partial charge in [-0.1, -0.05) is 17.7 Å². The van der Waals surface area contributed by atoms with E-state index in [0.29, 0.717) is 42.4 Å². The molecule has 0 bridgehead atoms. The van der Waals surface area contributed by atoms with Crippen molar-refractivity contribution in [2.45, 2.75) is 29.5 Å². The Kier molecular flexibility index (Phi) is 6.75. The molecule has 0 saturated carbocycles. The van der Waals surface area contributed by atoms with Crippen LogP contribution in [-0.2, 0) is 19.6 Å². The molecular formula is C21H24ClN3O5S2. The number of sulfonamides is 1. The van der Waals surface area contributed by atoms with E-state index in [-0.39, 0.29) is 35.0 Å². The summed E-state index contributed by atoms with van der Waals surface area (Å²) in [5.41, 5.74) is 0.557. The number of hydrogen-bond acceptors (Lipinski definition) is 6. The number of amides is 2. The molecule has 2 fully saturated rings. The topological polar surface area (TPSA) is 96.0 Å². The quantitative estimate of drug-likeness (QED) is 0.662. The average Bonchev–Trinajstić information content (AvgIpc) is 3.44. The maximum absolute atomic E-state index is 13.1. The number of carbonyl (C=O) groups is 2. The summed E-state index contributed by atoms with van der Waals surface area (Å²) < 4.78 is 33.2. The summed E-state index contributed by atoms with van der Waals surface area (Å²) in [7, 11) is -2.01. The summed E-state index contributed by atoms with van der Waals surface area (Å²) in [4.78, 5) is 29.0. The van der Waals surface area contributed by atoms with Crippen LogP contribution in [0.3, 0.4) is 0 Å². The van der Waals surface area contributed by atoms with E-state index in [2.05, 4.69) is 4.72 Å². The average molecular weight is 498 g/mol. The number of anilines is 1. The number of piperidine rings is 1. The summed E-state index contributed by atoms with van der Waals surface area (Å²) >= 11 is 7.27. The smallest absolute Gasteiger partial charge is 0.250 e. The van der Waals surface area contributed by atoms with Crippen LogP contribution in [0.4, 0.5) is 5.69 Å². The number of carbonyl (C=O) groups excluding carboxylic acids is 2. The third-order valence-corrected chi connectivity index (χ3v) is 8.95. The number of methoxy groups -OCH3 is 1. The van der Waals surface area contributed by atoms with E-state index >= 15 is 0 Å². The Morgan fingerprint density at radius 2 is 2.00 bits per heavy atom. The fourth-order valence-electron chi connectivity index (χ4n) is 4.15. The lowest BCUT2D eigenvalue weighted by Crippen LogP contribution is -2.48. The number of hydrogen-bond donors (Lipinski definition) is 1. The molecule has 11 heteroatoms. The SMILES string of the molecule is COc1ccc(Cl)cc1N1CC(C(=O)N2CCC(NS(=O)(=O)c3cccs3)CC2)CC1=O. The van der Waals surface area contributed by atoms with E-state index in [1.165, 1.54) is 18.4 Å². The summed E-state index contributed by atoms with van der Waals surface area (Å²) in [6.07, 6.45) is 1.19. The lowest BCUT2D eigenvalue weighted by atomic mass is 10.0. The van der Waals surface area contributed by atoms with Gasteiger partial charge in [0.15, 0.2) is 0 Å². The molecule has 2 aliphatic rings. The Labute approximate surface area is 196 Å². The number of rotatable bonds is 6. The number of likely N-dealkylation sites (tertiary alicyclic amines) is 1. The first-order valence-corrected chi connectivity index (χ1v) is 13.0. The summed E-state index contributed by atoms with van der Waals surface area (Å²) in [5, 5.41) is 2.21.